The van der Waals surface area contributed by atoms with Gasteiger partial charge in [-0.05, 0) is 61.0 Å². The standard InChI is InChI=1S/C27H20O3S2/c1-3-30-27(29)22-15-20(25-12-17-8-4-6-10-23(17)31-25)19(16(2)28)14-21(22)26-13-18-9-5-7-11-24(18)32-26/h4-15H,3H2,1-2H3. The summed E-state index contributed by atoms with van der Waals surface area (Å²) in [6.07, 6.45) is 0. The number of ether oxygens (including phenoxy) is 1. The van der Waals surface area contributed by atoms with Crippen LogP contribution in [-0.2, 0) is 4.74 Å². The highest BCUT2D eigenvalue weighted by atomic mass is 32.1. The first-order valence-corrected chi connectivity index (χ1v) is 12.0. The molecule has 0 aliphatic carbocycles. The van der Waals surface area contributed by atoms with Gasteiger partial charge in [-0.15, -0.1) is 22.7 Å². The molecule has 0 amide bonds. The maximum atomic E-state index is 13.0. The summed E-state index contributed by atoms with van der Waals surface area (Å²) >= 11 is 3.23. The minimum absolute atomic E-state index is 0.0322. The topological polar surface area (TPSA) is 43.4 Å². The van der Waals surface area contributed by atoms with E-state index in [-0.39, 0.29) is 18.4 Å². The SMILES string of the molecule is CCOC(=O)c1cc(-c2cc3ccccc3s2)c(C(C)=O)cc1-c1cc2ccccc2s1. The van der Waals surface area contributed by atoms with Crippen molar-refractivity contribution in [1.82, 2.24) is 0 Å². The van der Waals surface area contributed by atoms with Crippen molar-refractivity contribution < 1.29 is 14.3 Å². The van der Waals surface area contributed by atoms with Crippen LogP contribution >= 0.6 is 22.7 Å². The molecule has 0 saturated carbocycles. The Morgan fingerprint density at radius 3 is 1.75 bits per heavy atom. The number of carbonyl (C=O) groups excluding carboxylic acids is 2. The van der Waals surface area contributed by atoms with Crippen LogP contribution in [0.15, 0.2) is 72.8 Å². The Hall–Kier alpha value is -3.28. The van der Waals surface area contributed by atoms with E-state index in [1.165, 1.54) is 0 Å². The largest absolute Gasteiger partial charge is 0.462 e. The average Bonchev–Trinajstić information content (AvgIpc) is 3.42. The van der Waals surface area contributed by atoms with E-state index in [0.29, 0.717) is 11.1 Å². The van der Waals surface area contributed by atoms with Gasteiger partial charge in [-0.1, -0.05) is 36.4 Å². The summed E-state index contributed by atoms with van der Waals surface area (Å²) < 4.78 is 7.67. The molecule has 0 radical (unpaired) electrons. The normalized spacial score (nSPS) is 11.2. The van der Waals surface area contributed by atoms with Crippen LogP contribution in [0, 0.1) is 0 Å². The summed E-state index contributed by atoms with van der Waals surface area (Å²) in [7, 11) is 0. The average molecular weight is 457 g/mol. The molecule has 0 fully saturated rings. The van der Waals surface area contributed by atoms with E-state index in [4.69, 9.17) is 4.74 Å². The van der Waals surface area contributed by atoms with Crippen molar-refractivity contribution in [3.63, 3.8) is 0 Å². The number of rotatable bonds is 5. The molecular weight excluding hydrogens is 436 g/mol. The van der Waals surface area contributed by atoms with Gasteiger partial charge in [0.2, 0.25) is 0 Å². The summed E-state index contributed by atoms with van der Waals surface area (Å²) in [5.74, 6) is -0.410. The maximum Gasteiger partial charge on any atom is 0.338 e. The van der Waals surface area contributed by atoms with Crippen molar-refractivity contribution in [2.24, 2.45) is 0 Å². The zero-order valence-electron chi connectivity index (χ0n) is 17.7. The third kappa shape index (κ3) is 3.64. The monoisotopic (exact) mass is 456 g/mol. The van der Waals surface area contributed by atoms with Crippen LogP contribution in [0.25, 0.3) is 41.1 Å². The Kier molecular flexibility index (Phi) is 5.37. The first kappa shape index (κ1) is 20.6. The molecule has 0 saturated heterocycles. The summed E-state index contributed by atoms with van der Waals surface area (Å²) in [6, 6.07) is 24.1. The number of carbonyl (C=O) groups is 2. The fraction of sp³-hybridized carbons (Fsp3) is 0.111. The molecule has 0 aliphatic heterocycles. The molecule has 32 heavy (non-hydrogen) atoms. The third-order valence-corrected chi connectivity index (χ3v) is 7.71. The first-order valence-electron chi connectivity index (χ1n) is 10.4. The minimum Gasteiger partial charge on any atom is -0.462 e. The van der Waals surface area contributed by atoms with E-state index in [0.717, 1.165) is 41.1 Å². The fourth-order valence-electron chi connectivity index (χ4n) is 3.91. The molecule has 0 atom stereocenters. The van der Waals surface area contributed by atoms with Gasteiger partial charge >= 0.3 is 5.97 Å². The van der Waals surface area contributed by atoms with Gasteiger partial charge in [-0.25, -0.2) is 4.79 Å². The zero-order valence-corrected chi connectivity index (χ0v) is 19.3. The molecule has 3 aromatic carbocycles. The Morgan fingerprint density at radius 1 is 0.750 bits per heavy atom. The number of esters is 1. The minimum atomic E-state index is -0.377. The maximum absolute atomic E-state index is 13.0. The highest BCUT2D eigenvalue weighted by molar-refractivity contribution is 7.22. The molecule has 0 spiro atoms. The summed E-state index contributed by atoms with van der Waals surface area (Å²) in [6.45, 7) is 3.66. The van der Waals surface area contributed by atoms with Gasteiger partial charge in [0.1, 0.15) is 0 Å². The molecule has 5 aromatic rings. The highest BCUT2D eigenvalue weighted by Gasteiger charge is 2.22. The second-order valence-corrected chi connectivity index (χ2v) is 9.68. The van der Waals surface area contributed by atoms with E-state index < -0.39 is 0 Å². The number of hydrogen-bond donors (Lipinski definition) is 0. The molecule has 158 valence electrons. The second kappa shape index (κ2) is 8.34. The van der Waals surface area contributed by atoms with Crippen molar-refractivity contribution in [2.45, 2.75) is 13.8 Å². The molecule has 0 N–H and O–H groups in total. The molecule has 2 aromatic heterocycles. The quantitative estimate of drug-likeness (QED) is 0.200. The lowest BCUT2D eigenvalue weighted by atomic mass is 9.94. The molecule has 0 aliphatic rings. The van der Waals surface area contributed by atoms with E-state index in [2.05, 4.69) is 36.4 Å². The molecule has 3 nitrogen and oxygen atoms in total. The molecule has 2 heterocycles. The number of fused-ring (bicyclic) bond motifs is 2. The van der Waals surface area contributed by atoms with Crippen LogP contribution in [0.1, 0.15) is 34.6 Å². The van der Waals surface area contributed by atoms with Gasteiger partial charge in [-0.2, -0.15) is 0 Å². The van der Waals surface area contributed by atoms with Crippen LogP contribution in [0.5, 0.6) is 0 Å². The Bertz CT molecular complexity index is 1420. The van der Waals surface area contributed by atoms with Crippen molar-refractivity contribution >= 4 is 54.6 Å². The van der Waals surface area contributed by atoms with E-state index >= 15 is 0 Å². The van der Waals surface area contributed by atoms with Crippen LogP contribution in [0.2, 0.25) is 0 Å². The van der Waals surface area contributed by atoms with Crippen molar-refractivity contribution in [2.75, 3.05) is 6.61 Å². The Labute approximate surface area is 193 Å². The number of Topliss-reactive ketones (excluding diaryl/α,β-unsaturated/α-hetero) is 1. The number of hydrogen-bond acceptors (Lipinski definition) is 5. The zero-order chi connectivity index (χ0) is 22.2. The Balaban J connectivity index is 1.77. The summed E-state index contributed by atoms with van der Waals surface area (Å²) in [5.41, 5.74) is 2.60. The third-order valence-electron chi connectivity index (χ3n) is 5.41. The van der Waals surface area contributed by atoms with E-state index in [9.17, 15) is 9.59 Å². The van der Waals surface area contributed by atoms with Gasteiger partial charge < -0.3 is 4.74 Å². The van der Waals surface area contributed by atoms with Gasteiger partial charge in [-0.3, -0.25) is 4.79 Å². The van der Waals surface area contributed by atoms with Gasteiger partial charge in [0.05, 0.1) is 12.2 Å². The molecular formula is C27H20O3S2. The second-order valence-electron chi connectivity index (χ2n) is 7.52. The van der Waals surface area contributed by atoms with Crippen molar-refractivity contribution in [3.05, 3.63) is 83.9 Å². The van der Waals surface area contributed by atoms with Gasteiger partial charge in [0, 0.05) is 35.8 Å². The van der Waals surface area contributed by atoms with Crippen LogP contribution in [0.4, 0.5) is 0 Å². The number of benzene rings is 3. The Morgan fingerprint density at radius 2 is 1.25 bits per heavy atom. The van der Waals surface area contributed by atoms with Gasteiger partial charge in [0.25, 0.3) is 0 Å². The van der Waals surface area contributed by atoms with Crippen LogP contribution in [0.3, 0.4) is 0 Å². The molecule has 0 unspecified atom stereocenters. The van der Waals surface area contributed by atoms with Crippen LogP contribution < -0.4 is 0 Å². The van der Waals surface area contributed by atoms with E-state index in [1.54, 1.807) is 36.5 Å². The smallest absolute Gasteiger partial charge is 0.338 e. The van der Waals surface area contributed by atoms with Crippen LogP contribution in [-0.4, -0.2) is 18.4 Å². The lowest BCUT2D eigenvalue weighted by Gasteiger charge is -2.13. The predicted molar refractivity (Wildman–Crippen MR) is 134 cm³/mol. The summed E-state index contributed by atoms with van der Waals surface area (Å²) in [5, 5.41) is 2.23. The highest BCUT2D eigenvalue weighted by Crippen LogP contribution is 2.41. The first-order chi connectivity index (χ1) is 15.5. The fourth-order valence-corrected chi connectivity index (χ4v) is 6.09. The predicted octanol–water partition coefficient (Wildman–Crippen LogP) is 7.83. The molecule has 0 bridgehead atoms. The number of ketones is 1. The van der Waals surface area contributed by atoms with Crippen molar-refractivity contribution in [3.8, 4) is 20.9 Å². The lowest BCUT2D eigenvalue weighted by Crippen LogP contribution is -2.08. The van der Waals surface area contributed by atoms with Gasteiger partial charge in [0.15, 0.2) is 5.78 Å². The molecule has 5 heteroatoms. The molecule has 5 rings (SSSR count). The summed E-state index contributed by atoms with van der Waals surface area (Å²) in [4.78, 5) is 27.6. The van der Waals surface area contributed by atoms with E-state index in [1.807, 2.05) is 36.4 Å². The lowest BCUT2D eigenvalue weighted by molar-refractivity contribution is 0.0527. The number of thiophene rings is 2. The van der Waals surface area contributed by atoms with Crippen molar-refractivity contribution in [1.29, 1.82) is 0 Å².